The predicted octanol–water partition coefficient (Wildman–Crippen LogP) is 1.32. The number of nitrogens with one attached hydrogen (secondary N) is 2. The topological polar surface area (TPSA) is 85.6 Å². The minimum atomic E-state index is -0.289. The molecule has 3 unspecified atom stereocenters. The lowest BCUT2D eigenvalue weighted by Gasteiger charge is -2.42. The van der Waals surface area contributed by atoms with Crippen LogP contribution in [-0.4, -0.2) is 37.9 Å². The maximum Gasteiger partial charge on any atom is 0.319 e. The summed E-state index contributed by atoms with van der Waals surface area (Å²) in [5.74, 6) is 0.690. The fourth-order valence-corrected chi connectivity index (χ4v) is 2.25. The Morgan fingerprint density at radius 1 is 1.50 bits per heavy atom. The zero-order valence-corrected chi connectivity index (χ0v) is 11.8. The van der Waals surface area contributed by atoms with Crippen LogP contribution in [-0.2, 0) is 4.74 Å². The van der Waals surface area contributed by atoms with E-state index in [2.05, 4.69) is 10.6 Å². The van der Waals surface area contributed by atoms with Gasteiger partial charge in [0.15, 0.2) is 0 Å². The second kappa shape index (κ2) is 6.58. The molecule has 0 aliphatic heterocycles. The van der Waals surface area contributed by atoms with Crippen LogP contribution in [0.5, 0.6) is 5.75 Å². The Kier molecular flexibility index (Phi) is 4.81. The summed E-state index contributed by atoms with van der Waals surface area (Å²) in [4.78, 5) is 11.9. The maximum atomic E-state index is 11.9. The molecule has 110 valence electrons. The number of anilines is 1. The van der Waals surface area contributed by atoms with Gasteiger partial charge in [0.2, 0.25) is 0 Å². The van der Waals surface area contributed by atoms with Crippen molar-refractivity contribution >= 4 is 11.7 Å². The number of benzene rings is 1. The normalized spacial score (nSPS) is 24.6. The number of nitrogens with two attached hydrogens (primary N) is 1. The minimum absolute atomic E-state index is 0.00561. The molecule has 2 amide bonds. The summed E-state index contributed by atoms with van der Waals surface area (Å²) >= 11 is 0. The highest BCUT2D eigenvalue weighted by molar-refractivity contribution is 5.89. The SMILES string of the molecule is CCOC1CC(N)C1NC(=O)Nc1cccc(OC)c1. The number of rotatable bonds is 5. The maximum absolute atomic E-state index is 11.9. The van der Waals surface area contributed by atoms with Crippen LogP contribution in [0.1, 0.15) is 13.3 Å². The van der Waals surface area contributed by atoms with Crippen LogP contribution in [0, 0.1) is 0 Å². The molecule has 20 heavy (non-hydrogen) atoms. The van der Waals surface area contributed by atoms with Crippen molar-refractivity contribution < 1.29 is 14.3 Å². The van der Waals surface area contributed by atoms with E-state index >= 15 is 0 Å². The van der Waals surface area contributed by atoms with E-state index in [0.29, 0.717) is 18.0 Å². The molecule has 0 radical (unpaired) electrons. The van der Waals surface area contributed by atoms with Gasteiger partial charge in [-0.05, 0) is 25.5 Å². The van der Waals surface area contributed by atoms with E-state index in [4.69, 9.17) is 15.2 Å². The average molecular weight is 279 g/mol. The molecule has 1 saturated carbocycles. The lowest BCUT2D eigenvalue weighted by molar-refractivity contribution is -0.0277. The minimum Gasteiger partial charge on any atom is -0.497 e. The molecule has 0 saturated heterocycles. The van der Waals surface area contributed by atoms with Gasteiger partial charge in [-0.15, -0.1) is 0 Å². The molecule has 3 atom stereocenters. The molecule has 6 nitrogen and oxygen atoms in total. The van der Waals surface area contributed by atoms with E-state index in [1.807, 2.05) is 19.1 Å². The van der Waals surface area contributed by atoms with E-state index in [-0.39, 0.29) is 24.2 Å². The van der Waals surface area contributed by atoms with Crippen LogP contribution in [0.3, 0.4) is 0 Å². The second-order valence-electron chi connectivity index (χ2n) is 4.75. The Bertz CT molecular complexity index is 465. The van der Waals surface area contributed by atoms with Crippen molar-refractivity contribution in [1.82, 2.24) is 5.32 Å². The molecular formula is C14H21N3O3. The molecular weight excluding hydrogens is 258 g/mol. The average Bonchev–Trinajstić information content (AvgIpc) is 2.45. The third-order valence-corrected chi connectivity index (χ3v) is 3.37. The molecule has 1 aliphatic carbocycles. The number of carbonyl (C=O) groups excluding carboxylic acids is 1. The van der Waals surface area contributed by atoms with Crippen molar-refractivity contribution in [2.45, 2.75) is 31.5 Å². The smallest absolute Gasteiger partial charge is 0.319 e. The molecule has 2 rings (SSSR count). The molecule has 0 bridgehead atoms. The summed E-state index contributed by atoms with van der Waals surface area (Å²) in [5.41, 5.74) is 6.56. The number of methoxy groups -OCH3 is 1. The van der Waals surface area contributed by atoms with Crippen LogP contribution >= 0.6 is 0 Å². The Morgan fingerprint density at radius 2 is 2.30 bits per heavy atom. The highest BCUT2D eigenvalue weighted by Gasteiger charge is 2.40. The number of hydrogen-bond donors (Lipinski definition) is 3. The summed E-state index contributed by atoms with van der Waals surface area (Å²) in [7, 11) is 1.58. The van der Waals surface area contributed by atoms with Gasteiger partial charge in [-0.2, -0.15) is 0 Å². The van der Waals surface area contributed by atoms with Gasteiger partial charge in [-0.25, -0.2) is 4.79 Å². The summed E-state index contributed by atoms with van der Waals surface area (Å²) in [5, 5.41) is 5.60. The molecule has 1 aromatic rings. The summed E-state index contributed by atoms with van der Waals surface area (Å²) in [6, 6.07) is 6.69. The number of urea groups is 1. The largest absolute Gasteiger partial charge is 0.497 e. The summed E-state index contributed by atoms with van der Waals surface area (Å²) < 4.78 is 10.6. The molecule has 0 spiro atoms. The van der Waals surface area contributed by atoms with Crippen molar-refractivity contribution in [3.8, 4) is 5.75 Å². The van der Waals surface area contributed by atoms with Crippen molar-refractivity contribution in [2.24, 2.45) is 5.73 Å². The number of carbonyl (C=O) groups is 1. The van der Waals surface area contributed by atoms with Crippen LogP contribution in [0.15, 0.2) is 24.3 Å². The molecule has 6 heteroatoms. The number of hydrogen-bond acceptors (Lipinski definition) is 4. The third kappa shape index (κ3) is 3.40. The van der Waals surface area contributed by atoms with Gasteiger partial charge >= 0.3 is 6.03 Å². The quantitative estimate of drug-likeness (QED) is 0.759. The lowest BCUT2D eigenvalue weighted by atomic mass is 9.83. The summed E-state index contributed by atoms with van der Waals surface area (Å²) in [6.45, 7) is 2.55. The van der Waals surface area contributed by atoms with E-state index in [0.717, 1.165) is 6.42 Å². The summed E-state index contributed by atoms with van der Waals surface area (Å²) in [6.07, 6.45) is 0.781. The first kappa shape index (κ1) is 14.6. The van der Waals surface area contributed by atoms with Gasteiger partial charge in [0, 0.05) is 24.4 Å². The third-order valence-electron chi connectivity index (χ3n) is 3.37. The highest BCUT2D eigenvalue weighted by atomic mass is 16.5. The Hall–Kier alpha value is -1.79. The molecule has 0 heterocycles. The molecule has 1 aromatic carbocycles. The van der Waals surface area contributed by atoms with Gasteiger partial charge in [-0.1, -0.05) is 6.07 Å². The molecule has 1 aliphatic rings. The first-order chi connectivity index (χ1) is 9.63. The Morgan fingerprint density at radius 3 is 2.95 bits per heavy atom. The van der Waals surface area contributed by atoms with Crippen LogP contribution in [0.4, 0.5) is 10.5 Å². The standard InChI is InChI=1S/C14H21N3O3/c1-3-20-12-8-11(15)13(12)17-14(18)16-9-5-4-6-10(7-9)19-2/h4-7,11-13H,3,8,15H2,1-2H3,(H2,16,17,18). The predicted molar refractivity (Wildman–Crippen MR) is 76.9 cm³/mol. The zero-order valence-electron chi connectivity index (χ0n) is 11.8. The van der Waals surface area contributed by atoms with Crippen molar-refractivity contribution in [3.05, 3.63) is 24.3 Å². The number of amides is 2. The van der Waals surface area contributed by atoms with Crippen molar-refractivity contribution in [2.75, 3.05) is 19.0 Å². The van der Waals surface area contributed by atoms with E-state index in [9.17, 15) is 4.79 Å². The van der Waals surface area contributed by atoms with E-state index in [1.54, 1.807) is 19.2 Å². The first-order valence-electron chi connectivity index (χ1n) is 6.72. The van der Waals surface area contributed by atoms with Gasteiger partial charge < -0.3 is 25.8 Å². The Balaban J connectivity index is 1.88. The molecule has 0 aromatic heterocycles. The van der Waals surface area contributed by atoms with Crippen molar-refractivity contribution in [1.29, 1.82) is 0 Å². The zero-order chi connectivity index (χ0) is 14.5. The van der Waals surface area contributed by atoms with E-state index < -0.39 is 0 Å². The van der Waals surface area contributed by atoms with Crippen LogP contribution < -0.4 is 21.1 Å². The molecule has 4 N–H and O–H groups in total. The van der Waals surface area contributed by atoms with Crippen LogP contribution in [0.2, 0.25) is 0 Å². The monoisotopic (exact) mass is 279 g/mol. The lowest BCUT2D eigenvalue weighted by Crippen LogP contribution is -2.65. The first-order valence-corrected chi connectivity index (χ1v) is 6.72. The van der Waals surface area contributed by atoms with Crippen molar-refractivity contribution in [3.63, 3.8) is 0 Å². The van der Waals surface area contributed by atoms with Gasteiger partial charge in [-0.3, -0.25) is 0 Å². The van der Waals surface area contributed by atoms with Gasteiger partial charge in [0.05, 0.1) is 19.3 Å². The van der Waals surface area contributed by atoms with E-state index in [1.165, 1.54) is 0 Å². The van der Waals surface area contributed by atoms with Gasteiger partial charge in [0.25, 0.3) is 0 Å². The fraction of sp³-hybridized carbons (Fsp3) is 0.500. The number of ether oxygens (including phenoxy) is 2. The second-order valence-corrected chi connectivity index (χ2v) is 4.75. The molecule has 1 fully saturated rings. The fourth-order valence-electron chi connectivity index (χ4n) is 2.25. The Labute approximate surface area is 118 Å². The van der Waals surface area contributed by atoms with Gasteiger partial charge in [0.1, 0.15) is 5.75 Å². The highest BCUT2D eigenvalue weighted by Crippen LogP contribution is 2.23. The van der Waals surface area contributed by atoms with Crippen LogP contribution in [0.25, 0.3) is 0 Å².